The molecule has 0 radical (unpaired) electrons. The number of nitrogens with zero attached hydrogens (tertiary/aromatic N) is 2. The maximum atomic E-state index is 14.0. The van der Waals surface area contributed by atoms with E-state index in [9.17, 15) is 17.6 Å². The van der Waals surface area contributed by atoms with Gasteiger partial charge in [0.05, 0.1) is 16.7 Å². The molecule has 1 heterocycles. The molecule has 6 nitrogen and oxygen atoms in total. The molecule has 1 saturated heterocycles. The molecule has 1 atom stereocenters. The van der Waals surface area contributed by atoms with Gasteiger partial charge in [0.25, 0.3) is 0 Å². The van der Waals surface area contributed by atoms with Gasteiger partial charge in [-0.15, -0.1) is 0 Å². The fourth-order valence-corrected chi connectivity index (χ4v) is 5.19. The molecular weight excluding hydrogens is 429 g/mol. The van der Waals surface area contributed by atoms with Gasteiger partial charge in [0.1, 0.15) is 5.82 Å². The van der Waals surface area contributed by atoms with E-state index in [1.54, 1.807) is 37.3 Å². The van der Waals surface area contributed by atoms with Crippen molar-refractivity contribution in [1.29, 1.82) is 0 Å². The number of nitrogens with one attached hydrogen (secondary N) is 1. The molecule has 1 amide bonds. The molecule has 1 N–H and O–H groups in total. The lowest BCUT2D eigenvalue weighted by Crippen LogP contribution is -2.46. The van der Waals surface area contributed by atoms with Crippen molar-refractivity contribution >= 4 is 21.4 Å². The van der Waals surface area contributed by atoms with Crippen LogP contribution in [0.5, 0.6) is 0 Å². The Bertz CT molecular complexity index is 1030. The van der Waals surface area contributed by atoms with E-state index in [0.29, 0.717) is 5.56 Å². The summed E-state index contributed by atoms with van der Waals surface area (Å²) >= 11 is 0. The van der Waals surface area contributed by atoms with Gasteiger partial charge in [-0.1, -0.05) is 24.6 Å². The average molecular weight is 462 g/mol. The molecule has 0 aromatic heterocycles. The lowest BCUT2D eigenvalue weighted by Gasteiger charge is -2.37. The number of amides is 1. The van der Waals surface area contributed by atoms with Gasteiger partial charge in [-0.05, 0) is 50.7 Å². The molecule has 32 heavy (non-hydrogen) atoms. The maximum absolute atomic E-state index is 14.0. The van der Waals surface area contributed by atoms with Crippen molar-refractivity contribution in [3.63, 3.8) is 0 Å². The number of halogens is 1. The number of piperazine rings is 1. The molecule has 1 aliphatic heterocycles. The lowest BCUT2D eigenvalue weighted by molar-refractivity contribution is -0.121. The summed E-state index contributed by atoms with van der Waals surface area (Å²) in [5, 5.41) is 2.85. The molecule has 3 rings (SSSR count). The molecule has 8 heteroatoms. The van der Waals surface area contributed by atoms with Crippen LogP contribution in [-0.2, 0) is 14.6 Å². The Morgan fingerprint density at radius 3 is 2.38 bits per heavy atom. The van der Waals surface area contributed by atoms with Crippen LogP contribution < -0.4 is 10.2 Å². The smallest absolute Gasteiger partial charge is 0.221 e. The van der Waals surface area contributed by atoms with Crippen molar-refractivity contribution in [2.45, 2.75) is 38.1 Å². The zero-order valence-electron chi connectivity index (χ0n) is 19.0. The van der Waals surface area contributed by atoms with E-state index in [4.69, 9.17) is 0 Å². The summed E-state index contributed by atoms with van der Waals surface area (Å²) in [5.74, 6) is -1.01. The standard InChI is InChI=1S/C24H32FN3O3S/c1-4-27-12-14-28(15-13-27)23-10-7-20(25)17-22(23)19(3)26-24(29)11-16-32(30,31)21-8-5-18(2)6-9-21/h5-10,17,19H,4,11-16H2,1-3H3,(H,26,29). The van der Waals surface area contributed by atoms with Gasteiger partial charge in [-0.25, -0.2) is 12.8 Å². The van der Waals surface area contributed by atoms with Crippen molar-refractivity contribution in [3.8, 4) is 0 Å². The topological polar surface area (TPSA) is 69.7 Å². The molecule has 2 aromatic rings. The van der Waals surface area contributed by atoms with Crippen LogP contribution in [0.3, 0.4) is 0 Å². The number of rotatable bonds is 8. The van der Waals surface area contributed by atoms with Gasteiger partial charge in [0.2, 0.25) is 5.91 Å². The maximum Gasteiger partial charge on any atom is 0.221 e. The number of benzene rings is 2. The number of hydrogen-bond acceptors (Lipinski definition) is 5. The molecule has 1 aliphatic rings. The molecule has 174 valence electrons. The highest BCUT2D eigenvalue weighted by molar-refractivity contribution is 7.91. The Labute approximate surface area is 190 Å². The van der Waals surface area contributed by atoms with Gasteiger partial charge >= 0.3 is 0 Å². The number of hydrogen-bond donors (Lipinski definition) is 1. The lowest BCUT2D eigenvalue weighted by atomic mass is 10.0. The molecule has 2 aromatic carbocycles. The summed E-state index contributed by atoms with van der Waals surface area (Å²) in [6.07, 6.45) is -0.152. The van der Waals surface area contributed by atoms with Crippen molar-refractivity contribution in [1.82, 2.24) is 10.2 Å². The first-order chi connectivity index (χ1) is 15.2. The van der Waals surface area contributed by atoms with Gasteiger partial charge in [0, 0.05) is 43.9 Å². The van der Waals surface area contributed by atoms with Crippen LogP contribution in [0, 0.1) is 12.7 Å². The summed E-state index contributed by atoms with van der Waals surface area (Å²) in [6, 6.07) is 10.8. The summed E-state index contributed by atoms with van der Waals surface area (Å²) in [7, 11) is -3.55. The summed E-state index contributed by atoms with van der Waals surface area (Å²) in [5.41, 5.74) is 2.57. The van der Waals surface area contributed by atoms with Gasteiger partial charge in [-0.3, -0.25) is 4.79 Å². The quantitative estimate of drug-likeness (QED) is 0.653. The second-order valence-corrected chi connectivity index (χ2v) is 10.4. The third-order valence-corrected chi connectivity index (χ3v) is 7.70. The SMILES string of the molecule is CCN1CCN(c2ccc(F)cc2C(C)NC(=O)CCS(=O)(=O)c2ccc(C)cc2)CC1. The highest BCUT2D eigenvalue weighted by atomic mass is 32.2. The number of carbonyl (C=O) groups is 1. The van der Waals surface area contributed by atoms with Crippen molar-refractivity contribution in [2.75, 3.05) is 43.4 Å². The molecule has 0 bridgehead atoms. The number of sulfone groups is 1. The molecule has 0 saturated carbocycles. The van der Waals surface area contributed by atoms with Crippen molar-refractivity contribution in [2.24, 2.45) is 0 Å². The minimum Gasteiger partial charge on any atom is -0.369 e. The first kappa shape index (κ1) is 24.2. The van der Waals surface area contributed by atoms with E-state index < -0.39 is 15.9 Å². The fraction of sp³-hybridized carbons (Fsp3) is 0.458. The van der Waals surface area contributed by atoms with E-state index in [1.165, 1.54) is 12.1 Å². The first-order valence-electron chi connectivity index (χ1n) is 11.0. The molecule has 0 spiro atoms. The van der Waals surface area contributed by atoms with Crippen LogP contribution in [-0.4, -0.2) is 57.7 Å². The Balaban J connectivity index is 1.65. The minimum absolute atomic E-state index is 0.152. The van der Waals surface area contributed by atoms with Gasteiger partial charge in [-0.2, -0.15) is 0 Å². The highest BCUT2D eigenvalue weighted by Crippen LogP contribution is 2.28. The monoisotopic (exact) mass is 461 g/mol. The Hall–Kier alpha value is -2.45. The van der Waals surface area contributed by atoms with Crippen LogP contribution in [0.1, 0.15) is 37.4 Å². The van der Waals surface area contributed by atoms with Gasteiger partial charge in [0.15, 0.2) is 9.84 Å². The number of carbonyl (C=O) groups excluding carboxylic acids is 1. The Morgan fingerprint density at radius 2 is 1.75 bits per heavy atom. The third-order valence-electron chi connectivity index (χ3n) is 5.97. The largest absolute Gasteiger partial charge is 0.369 e. The number of anilines is 1. The van der Waals surface area contributed by atoms with E-state index in [0.717, 1.165) is 44.0 Å². The van der Waals surface area contributed by atoms with Crippen LogP contribution >= 0.6 is 0 Å². The predicted octanol–water partition coefficient (Wildman–Crippen LogP) is 3.32. The van der Waals surface area contributed by atoms with E-state index in [2.05, 4.69) is 22.0 Å². The minimum atomic E-state index is -3.55. The number of likely N-dealkylation sites (N-methyl/N-ethyl adjacent to an activating group) is 1. The normalized spacial score (nSPS) is 16.1. The predicted molar refractivity (Wildman–Crippen MR) is 125 cm³/mol. The van der Waals surface area contributed by atoms with Crippen LogP contribution in [0.15, 0.2) is 47.4 Å². The van der Waals surface area contributed by atoms with Crippen LogP contribution in [0.2, 0.25) is 0 Å². The van der Waals surface area contributed by atoms with Crippen molar-refractivity contribution < 1.29 is 17.6 Å². The molecule has 0 aliphatic carbocycles. The molecular formula is C24H32FN3O3S. The zero-order valence-corrected chi connectivity index (χ0v) is 19.8. The first-order valence-corrected chi connectivity index (χ1v) is 12.7. The highest BCUT2D eigenvalue weighted by Gasteiger charge is 2.23. The second-order valence-electron chi connectivity index (χ2n) is 8.30. The molecule has 1 fully saturated rings. The Morgan fingerprint density at radius 1 is 1.09 bits per heavy atom. The third kappa shape index (κ3) is 6.07. The van der Waals surface area contributed by atoms with Crippen molar-refractivity contribution in [3.05, 3.63) is 59.4 Å². The summed E-state index contributed by atoms with van der Waals surface area (Å²) in [4.78, 5) is 17.3. The number of aryl methyl sites for hydroxylation is 1. The van der Waals surface area contributed by atoms with Crippen LogP contribution in [0.25, 0.3) is 0 Å². The second kappa shape index (κ2) is 10.4. The summed E-state index contributed by atoms with van der Waals surface area (Å²) in [6.45, 7) is 10.4. The molecule has 1 unspecified atom stereocenters. The summed E-state index contributed by atoms with van der Waals surface area (Å²) < 4.78 is 39.1. The van der Waals surface area contributed by atoms with Gasteiger partial charge < -0.3 is 15.1 Å². The average Bonchev–Trinajstić information content (AvgIpc) is 2.78. The van der Waals surface area contributed by atoms with E-state index >= 15 is 0 Å². The zero-order chi connectivity index (χ0) is 23.3. The van der Waals surface area contributed by atoms with E-state index in [-0.39, 0.29) is 28.8 Å². The fourth-order valence-electron chi connectivity index (χ4n) is 3.95. The van der Waals surface area contributed by atoms with E-state index in [1.807, 2.05) is 6.92 Å². The Kier molecular flexibility index (Phi) is 7.90. The van der Waals surface area contributed by atoms with Crippen LogP contribution in [0.4, 0.5) is 10.1 Å².